The van der Waals surface area contributed by atoms with Gasteiger partial charge in [0, 0.05) is 0 Å². The summed E-state index contributed by atoms with van der Waals surface area (Å²) in [6.45, 7) is 1.69. The lowest BCUT2D eigenvalue weighted by Gasteiger charge is -2.07. The van der Waals surface area contributed by atoms with Gasteiger partial charge in [-0.15, -0.1) is 0 Å². The van der Waals surface area contributed by atoms with Gasteiger partial charge in [0.25, 0.3) is 0 Å². The van der Waals surface area contributed by atoms with Crippen LogP contribution in [0.4, 0.5) is 0 Å². The Labute approximate surface area is 98.5 Å². The van der Waals surface area contributed by atoms with E-state index in [9.17, 15) is 8.42 Å². The van der Waals surface area contributed by atoms with Crippen LogP contribution in [0.1, 0.15) is 45.4 Å². The van der Waals surface area contributed by atoms with Gasteiger partial charge in [0.15, 0.2) is 0 Å². The molecular weight excluding hydrogens is 222 g/mol. The Morgan fingerprint density at radius 3 is 2.19 bits per heavy atom. The molecule has 1 fully saturated rings. The Morgan fingerprint density at radius 1 is 1.19 bits per heavy atom. The third kappa shape index (κ3) is 4.49. The third-order valence-electron chi connectivity index (χ3n) is 3.05. The van der Waals surface area contributed by atoms with Gasteiger partial charge in [-0.25, -0.2) is 13.6 Å². The Hall–Kier alpha value is -0.610. The molecular formula is C12H21NO2S. The molecule has 3 nitrogen and oxygen atoms in total. The smallest absolute Gasteiger partial charge is 0.225 e. The van der Waals surface area contributed by atoms with E-state index in [0.29, 0.717) is 5.92 Å². The maximum atomic E-state index is 11.2. The summed E-state index contributed by atoms with van der Waals surface area (Å²) < 4.78 is 22.3. The van der Waals surface area contributed by atoms with Gasteiger partial charge in [0.2, 0.25) is 10.0 Å². The summed E-state index contributed by atoms with van der Waals surface area (Å²) in [6.07, 6.45) is 12.6. The minimum atomic E-state index is -3.55. The Bertz CT molecular complexity index is 360. The Balaban J connectivity index is 2.64. The van der Waals surface area contributed by atoms with Gasteiger partial charge in [-0.3, -0.25) is 0 Å². The van der Waals surface area contributed by atoms with Gasteiger partial charge >= 0.3 is 0 Å². The predicted octanol–water partition coefficient (Wildman–Crippen LogP) is 2.71. The van der Waals surface area contributed by atoms with Crippen LogP contribution in [0.5, 0.6) is 0 Å². The fraction of sp³-hybridized carbons (Fsp3) is 0.667. The van der Waals surface area contributed by atoms with Crippen LogP contribution in [0.15, 0.2) is 23.1 Å². The minimum absolute atomic E-state index is 0.219. The molecule has 0 aromatic heterocycles. The van der Waals surface area contributed by atoms with E-state index >= 15 is 0 Å². The highest BCUT2D eigenvalue weighted by atomic mass is 32.2. The van der Waals surface area contributed by atoms with E-state index in [1.165, 1.54) is 25.7 Å². The molecule has 0 aromatic rings. The van der Waals surface area contributed by atoms with Gasteiger partial charge in [-0.1, -0.05) is 37.8 Å². The van der Waals surface area contributed by atoms with Gasteiger partial charge in [0.05, 0.1) is 4.91 Å². The third-order valence-corrected chi connectivity index (χ3v) is 4.07. The maximum Gasteiger partial charge on any atom is 0.237 e. The summed E-state index contributed by atoms with van der Waals surface area (Å²) in [6, 6.07) is 0. The largest absolute Gasteiger partial charge is 0.237 e. The molecule has 1 aliphatic carbocycles. The second kappa shape index (κ2) is 6.21. The van der Waals surface area contributed by atoms with Gasteiger partial charge in [-0.2, -0.15) is 0 Å². The second-order valence-corrected chi connectivity index (χ2v) is 5.91. The lowest BCUT2D eigenvalue weighted by Crippen LogP contribution is -2.13. The molecule has 0 amide bonds. The molecule has 1 rings (SSSR count). The van der Waals surface area contributed by atoms with Gasteiger partial charge < -0.3 is 0 Å². The molecule has 0 heterocycles. The fourth-order valence-corrected chi connectivity index (χ4v) is 2.69. The number of hydrogen-bond acceptors (Lipinski definition) is 2. The number of sulfonamides is 1. The number of allylic oxidation sites excluding steroid dienone is 3. The monoisotopic (exact) mass is 243 g/mol. The summed E-state index contributed by atoms with van der Waals surface area (Å²) in [5.41, 5.74) is 0. The molecule has 0 aliphatic heterocycles. The average molecular weight is 243 g/mol. The molecule has 2 N–H and O–H groups in total. The van der Waals surface area contributed by atoms with Crippen molar-refractivity contribution in [1.82, 2.24) is 0 Å². The molecule has 4 heteroatoms. The van der Waals surface area contributed by atoms with Crippen molar-refractivity contribution in [3.63, 3.8) is 0 Å². The molecule has 0 aromatic carbocycles. The van der Waals surface area contributed by atoms with E-state index in [1.807, 2.05) is 6.08 Å². The highest BCUT2D eigenvalue weighted by Crippen LogP contribution is 2.24. The van der Waals surface area contributed by atoms with Crippen molar-refractivity contribution in [2.75, 3.05) is 0 Å². The van der Waals surface area contributed by atoms with Crippen molar-refractivity contribution in [2.24, 2.45) is 11.1 Å². The van der Waals surface area contributed by atoms with E-state index < -0.39 is 10.0 Å². The molecule has 16 heavy (non-hydrogen) atoms. The normalized spacial score (nSPS) is 21.2. The summed E-state index contributed by atoms with van der Waals surface area (Å²) in [5.74, 6) is 0.513. The number of nitrogens with two attached hydrogens (primary N) is 1. The maximum absolute atomic E-state index is 11.2. The fourth-order valence-electron chi connectivity index (χ4n) is 2.09. The van der Waals surface area contributed by atoms with E-state index in [-0.39, 0.29) is 4.91 Å². The molecule has 0 radical (unpaired) electrons. The van der Waals surface area contributed by atoms with Crippen LogP contribution in [0.3, 0.4) is 0 Å². The highest BCUT2D eigenvalue weighted by molar-refractivity contribution is 7.93. The van der Waals surface area contributed by atoms with E-state index in [2.05, 4.69) is 0 Å². The quantitative estimate of drug-likeness (QED) is 0.612. The average Bonchev–Trinajstić information content (AvgIpc) is 2.45. The van der Waals surface area contributed by atoms with Crippen LogP contribution in [-0.4, -0.2) is 8.42 Å². The number of rotatable bonds is 3. The summed E-state index contributed by atoms with van der Waals surface area (Å²) in [4.78, 5) is 0.219. The SMILES string of the molecule is C/C=C(\C=C/C1CCCCCC1)S(N)(=O)=O. The van der Waals surface area contributed by atoms with Crippen molar-refractivity contribution in [3.05, 3.63) is 23.1 Å². The van der Waals surface area contributed by atoms with E-state index in [0.717, 1.165) is 12.8 Å². The number of hydrogen-bond donors (Lipinski definition) is 1. The van der Waals surface area contributed by atoms with E-state index in [1.54, 1.807) is 19.1 Å². The van der Waals surface area contributed by atoms with Crippen molar-refractivity contribution in [1.29, 1.82) is 0 Å². The van der Waals surface area contributed by atoms with Crippen molar-refractivity contribution in [2.45, 2.75) is 45.4 Å². The van der Waals surface area contributed by atoms with Gasteiger partial charge in [0.1, 0.15) is 0 Å². The molecule has 0 atom stereocenters. The molecule has 1 saturated carbocycles. The van der Waals surface area contributed by atoms with Crippen LogP contribution in [0.2, 0.25) is 0 Å². The van der Waals surface area contributed by atoms with Crippen LogP contribution in [0.25, 0.3) is 0 Å². The highest BCUT2D eigenvalue weighted by Gasteiger charge is 2.11. The lowest BCUT2D eigenvalue weighted by atomic mass is 10.00. The lowest BCUT2D eigenvalue weighted by molar-refractivity contribution is 0.559. The van der Waals surface area contributed by atoms with Crippen LogP contribution in [-0.2, 0) is 10.0 Å². The van der Waals surface area contributed by atoms with Crippen molar-refractivity contribution < 1.29 is 8.42 Å². The second-order valence-electron chi connectivity index (χ2n) is 4.35. The minimum Gasteiger partial charge on any atom is -0.225 e. The summed E-state index contributed by atoms with van der Waals surface area (Å²) in [5, 5.41) is 5.09. The van der Waals surface area contributed by atoms with Crippen LogP contribution < -0.4 is 5.14 Å². The first-order valence-electron chi connectivity index (χ1n) is 5.91. The number of primary sulfonamides is 1. The molecule has 1 aliphatic rings. The van der Waals surface area contributed by atoms with E-state index in [4.69, 9.17) is 5.14 Å². The standard InChI is InChI=1S/C12H21NO2S/c1-2-12(16(13,14)15)10-9-11-7-5-3-4-6-8-11/h2,9-11H,3-8H2,1H3,(H2,13,14,15)/b10-9-,12-2+. The molecule has 0 bridgehead atoms. The zero-order chi connectivity index (χ0) is 12.0. The first-order valence-corrected chi connectivity index (χ1v) is 7.46. The first-order chi connectivity index (χ1) is 7.54. The van der Waals surface area contributed by atoms with Crippen LogP contribution in [0, 0.1) is 5.92 Å². The molecule has 0 unspecified atom stereocenters. The predicted molar refractivity (Wildman–Crippen MR) is 67.2 cm³/mol. The topological polar surface area (TPSA) is 60.2 Å². The van der Waals surface area contributed by atoms with Gasteiger partial charge in [-0.05, 0) is 31.8 Å². The Kier molecular flexibility index (Phi) is 5.22. The van der Waals surface area contributed by atoms with Crippen LogP contribution >= 0.6 is 0 Å². The first kappa shape index (κ1) is 13.5. The molecule has 92 valence electrons. The zero-order valence-corrected chi connectivity index (χ0v) is 10.7. The summed E-state index contributed by atoms with van der Waals surface area (Å²) >= 11 is 0. The van der Waals surface area contributed by atoms with Crippen molar-refractivity contribution >= 4 is 10.0 Å². The van der Waals surface area contributed by atoms with Crippen molar-refractivity contribution in [3.8, 4) is 0 Å². The molecule has 0 spiro atoms. The zero-order valence-electron chi connectivity index (χ0n) is 9.85. The molecule has 0 saturated heterocycles. The summed E-state index contributed by atoms with van der Waals surface area (Å²) in [7, 11) is -3.55. The Morgan fingerprint density at radius 2 is 1.75 bits per heavy atom.